The Balaban J connectivity index is 1.72. The van der Waals surface area contributed by atoms with E-state index in [4.69, 9.17) is 13.9 Å². The summed E-state index contributed by atoms with van der Waals surface area (Å²) in [4.78, 5) is 15.4. The molecule has 0 saturated carbocycles. The van der Waals surface area contributed by atoms with Crippen molar-refractivity contribution in [2.24, 2.45) is 0 Å². The summed E-state index contributed by atoms with van der Waals surface area (Å²) in [6, 6.07) is 28.4. The first kappa shape index (κ1) is 28.6. The second-order valence-corrected chi connectivity index (χ2v) is 16.3. The van der Waals surface area contributed by atoms with Crippen molar-refractivity contribution in [2.75, 3.05) is 13.7 Å². The number of amides is 1. The fourth-order valence-corrected chi connectivity index (χ4v) is 9.95. The number of carbonyl (C=O) groups is 1. The van der Waals surface area contributed by atoms with E-state index in [-0.39, 0.29) is 23.2 Å². The summed E-state index contributed by atoms with van der Waals surface area (Å²) in [5.74, 6) is 0.774. The van der Waals surface area contributed by atoms with E-state index in [0.717, 1.165) is 11.3 Å². The molecule has 0 spiro atoms. The van der Waals surface area contributed by atoms with Gasteiger partial charge in [0.1, 0.15) is 11.4 Å². The lowest BCUT2D eigenvalue weighted by atomic mass is 10.1. The van der Waals surface area contributed by atoms with Gasteiger partial charge in [-0.15, -0.1) is 0 Å². The molecule has 5 nitrogen and oxygen atoms in total. The Kier molecular flexibility index (Phi) is 8.38. The van der Waals surface area contributed by atoms with Crippen LogP contribution in [-0.2, 0) is 9.16 Å². The van der Waals surface area contributed by atoms with E-state index in [0.29, 0.717) is 6.61 Å². The molecule has 6 heteroatoms. The van der Waals surface area contributed by atoms with Crippen molar-refractivity contribution in [3.8, 4) is 5.75 Å². The second kappa shape index (κ2) is 11.4. The number of nitrogens with zero attached hydrogens (tertiary/aromatic N) is 1. The van der Waals surface area contributed by atoms with E-state index < -0.39 is 13.9 Å². The Labute approximate surface area is 234 Å². The molecule has 3 aromatic rings. The Morgan fingerprint density at radius 1 is 0.795 bits per heavy atom. The minimum Gasteiger partial charge on any atom is -0.497 e. The van der Waals surface area contributed by atoms with Crippen LogP contribution in [0.1, 0.15) is 53.1 Å². The number of methoxy groups -OCH3 is 1. The summed E-state index contributed by atoms with van der Waals surface area (Å²) in [6.45, 7) is 12.8. The van der Waals surface area contributed by atoms with Crippen LogP contribution < -0.4 is 15.1 Å². The van der Waals surface area contributed by atoms with Crippen LogP contribution in [0.15, 0.2) is 97.1 Å². The van der Waals surface area contributed by atoms with Crippen LogP contribution in [0, 0.1) is 0 Å². The van der Waals surface area contributed by atoms with Gasteiger partial charge >= 0.3 is 6.09 Å². The second-order valence-electron chi connectivity index (χ2n) is 12.0. The molecule has 1 aliphatic heterocycles. The van der Waals surface area contributed by atoms with E-state index in [2.05, 4.69) is 81.5 Å². The van der Waals surface area contributed by atoms with Crippen molar-refractivity contribution in [1.82, 2.24) is 4.90 Å². The minimum absolute atomic E-state index is 0.163. The van der Waals surface area contributed by atoms with Gasteiger partial charge in [0.2, 0.25) is 0 Å². The van der Waals surface area contributed by atoms with Crippen molar-refractivity contribution in [3.05, 3.63) is 103 Å². The van der Waals surface area contributed by atoms with Gasteiger partial charge in [-0.1, -0.05) is 106 Å². The smallest absolute Gasteiger partial charge is 0.411 e. The predicted molar refractivity (Wildman–Crippen MR) is 160 cm³/mol. The third-order valence-electron chi connectivity index (χ3n) is 7.12. The molecule has 1 aliphatic rings. The van der Waals surface area contributed by atoms with Crippen LogP contribution in [0.4, 0.5) is 4.79 Å². The molecule has 206 valence electrons. The predicted octanol–water partition coefficient (Wildman–Crippen LogP) is 6.49. The normalized spacial score (nSPS) is 17.8. The SMILES string of the molecule is COc1ccc([C@@H]2C=C[C@@H](CO[Si](c3ccccc3)(c3ccccc3)C(C)(C)C)N2C(=O)OC(C)(C)C)cc1. The maximum Gasteiger partial charge on any atom is 0.411 e. The Hall–Kier alpha value is -3.35. The largest absolute Gasteiger partial charge is 0.497 e. The fourth-order valence-electron chi connectivity index (χ4n) is 5.37. The van der Waals surface area contributed by atoms with Crippen LogP contribution in [0.25, 0.3) is 0 Å². The van der Waals surface area contributed by atoms with E-state index >= 15 is 0 Å². The van der Waals surface area contributed by atoms with Crippen LogP contribution in [0.2, 0.25) is 5.04 Å². The minimum atomic E-state index is -2.77. The lowest BCUT2D eigenvalue weighted by molar-refractivity contribution is 0.0122. The molecule has 0 saturated heterocycles. The first-order valence-corrected chi connectivity index (χ1v) is 15.5. The number of ether oxygens (including phenoxy) is 2. The average molecular weight is 544 g/mol. The molecule has 0 bridgehead atoms. The first-order valence-electron chi connectivity index (χ1n) is 13.5. The Bertz CT molecular complexity index is 1220. The van der Waals surface area contributed by atoms with Gasteiger partial charge in [0.15, 0.2) is 0 Å². The van der Waals surface area contributed by atoms with Gasteiger partial charge in [-0.25, -0.2) is 4.79 Å². The summed E-state index contributed by atoms with van der Waals surface area (Å²) in [6.07, 6.45) is 3.80. The van der Waals surface area contributed by atoms with Crippen molar-refractivity contribution >= 4 is 24.8 Å². The van der Waals surface area contributed by atoms with Crippen LogP contribution >= 0.6 is 0 Å². The Morgan fingerprint density at radius 2 is 1.33 bits per heavy atom. The van der Waals surface area contributed by atoms with Gasteiger partial charge in [-0.3, -0.25) is 4.90 Å². The number of hydrogen-bond donors (Lipinski definition) is 0. The monoisotopic (exact) mass is 543 g/mol. The standard InChI is InChI=1S/C33H41NO4Si/c1-32(2,3)38-31(35)34-26(20-23-30(34)25-18-21-27(36-7)22-19-25)24-37-39(33(4,5)6,28-14-10-8-11-15-28)29-16-12-9-13-17-29/h8-23,26,30H,24H2,1-7H3/t26-,30-/m0/s1. The number of benzene rings is 3. The van der Waals surface area contributed by atoms with E-state index in [1.807, 2.05) is 62.1 Å². The number of rotatable bonds is 7. The van der Waals surface area contributed by atoms with Crippen molar-refractivity contribution < 1.29 is 18.7 Å². The lowest BCUT2D eigenvalue weighted by Gasteiger charge is -2.44. The molecule has 2 atom stereocenters. The molecule has 1 amide bonds. The fraction of sp³-hybridized carbons (Fsp3) is 0.364. The maximum atomic E-state index is 13.6. The van der Waals surface area contributed by atoms with Gasteiger partial charge in [-0.2, -0.15) is 0 Å². The first-order chi connectivity index (χ1) is 18.5. The Morgan fingerprint density at radius 3 is 1.79 bits per heavy atom. The molecule has 0 fully saturated rings. The summed E-state index contributed by atoms with van der Waals surface area (Å²) in [5, 5.41) is 2.26. The molecule has 1 heterocycles. The molecule has 3 aromatic carbocycles. The van der Waals surface area contributed by atoms with Gasteiger partial charge in [0.25, 0.3) is 8.32 Å². The summed E-state index contributed by atoms with van der Waals surface area (Å²) in [7, 11) is -1.12. The highest BCUT2D eigenvalue weighted by Gasteiger charge is 2.51. The molecule has 4 rings (SSSR count). The lowest BCUT2D eigenvalue weighted by Crippen LogP contribution is -2.67. The third-order valence-corrected chi connectivity index (χ3v) is 12.1. The highest BCUT2D eigenvalue weighted by atomic mass is 28.4. The topological polar surface area (TPSA) is 48.0 Å². The van der Waals surface area contributed by atoms with Crippen molar-refractivity contribution in [2.45, 2.75) is 64.3 Å². The molecule has 0 unspecified atom stereocenters. The maximum absolute atomic E-state index is 13.6. The zero-order valence-corrected chi connectivity index (χ0v) is 25.2. The molecule has 0 aromatic heterocycles. The number of carbonyl (C=O) groups excluding carboxylic acids is 1. The highest BCUT2D eigenvalue weighted by molar-refractivity contribution is 6.99. The molecule has 0 radical (unpaired) electrons. The van der Waals surface area contributed by atoms with E-state index in [1.165, 1.54) is 10.4 Å². The van der Waals surface area contributed by atoms with Crippen molar-refractivity contribution in [1.29, 1.82) is 0 Å². The highest BCUT2D eigenvalue weighted by Crippen LogP contribution is 2.38. The van der Waals surface area contributed by atoms with E-state index in [9.17, 15) is 4.79 Å². The van der Waals surface area contributed by atoms with Crippen LogP contribution in [0.3, 0.4) is 0 Å². The quantitative estimate of drug-likeness (QED) is 0.253. The van der Waals surface area contributed by atoms with Gasteiger partial charge in [0, 0.05) is 0 Å². The third kappa shape index (κ3) is 6.12. The zero-order chi connectivity index (χ0) is 28.3. The number of hydrogen-bond acceptors (Lipinski definition) is 4. The van der Waals surface area contributed by atoms with Crippen LogP contribution in [0.5, 0.6) is 5.75 Å². The van der Waals surface area contributed by atoms with Gasteiger partial charge in [-0.05, 0) is 53.9 Å². The zero-order valence-electron chi connectivity index (χ0n) is 24.2. The summed E-state index contributed by atoms with van der Waals surface area (Å²) in [5.41, 5.74) is 0.374. The molecule has 39 heavy (non-hydrogen) atoms. The summed E-state index contributed by atoms with van der Waals surface area (Å²) < 4.78 is 18.4. The van der Waals surface area contributed by atoms with Gasteiger partial charge < -0.3 is 13.9 Å². The van der Waals surface area contributed by atoms with E-state index in [1.54, 1.807) is 7.11 Å². The average Bonchev–Trinajstić information content (AvgIpc) is 3.33. The molecular formula is C33H41NO4Si. The molecular weight excluding hydrogens is 502 g/mol. The van der Waals surface area contributed by atoms with Crippen molar-refractivity contribution in [3.63, 3.8) is 0 Å². The molecule has 0 aliphatic carbocycles. The summed E-state index contributed by atoms with van der Waals surface area (Å²) >= 11 is 0. The van der Waals surface area contributed by atoms with Crippen LogP contribution in [-0.4, -0.2) is 44.7 Å². The van der Waals surface area contributed by atoms with Gasteiger partial charge in [0.05, 0.1) is 25.8 Å². The molecule has 0 N–H and O–H groups in total.